The van der Waals surface area contributed by atoms with Crippen LogP contribution in [0.15, 0.2) is 30.6 Å². The van der Waals surface area contributed by atoms with Crippen molar-refractivity contribution >= 4 is 17.5 Å². The average molecular weight is 344 g/mol. The molecule has 0 aliphatic carbocycles. The van der Waals surface area contributed by atoms with E-state index in [-0.39, 0.29) is 24.9 Å². The summed E-state index contributed by atoms with van der Waals surface area (Å²) in [5, 5.41) is 0.611. The lowest BCUT2D eigenvalue weighted by Crippen LogP contribution is -2.32. The molecule has 0 aliphatic rings. The van der Waals surface area contributed by atoms with Crippen molar-refractivity contribution in [2.45, 2.75) is 20.0 Å². The summed E-state index contributed by atoms with van der Waals surface area (Å²) >= 11 is 5.91. The van der Waals surface area contributed by atoms with E-state index >= 15 is 0 Å². The molecule has 0 fully saturated rings. The molecule has 0 aliphatic heterocycles. The largest absolute Gasteiger partial charge is 0.484 e. The minimum absolute atomic E-state index is 0.0286. The van der Waals surface area contributed by atoms with Crippen LogP contribution in [0.2, 0.25) is 5.02 Å². The Hall–Kier alpha value is -2.15. The summed E-state index contributed by atoms with van der Waals surface area (Å²) < 4.78 is 31.6. The van der Waals surface area contributed by atoms with Gasteiger partial charge in [-0.3, -0.25) is 9.36 Å². The van der Waals surface area contributed by atoms with E-state index in [2.05, 4.69) is 4.98 Å². The molecular weight excluding hydrogens is 328 g/mol. The Labute approximate surface area is 137 Å². The highest BCUT2D eigenvalue weighted by atomic mass is 35.5. The van der Waals surface area contributed by atoms with Crippen molar-refractivity contribution in [1.82, 2.24) is 14.5 Å². The van der Waals surface area contributed by atoms with Crippen LogP contribution < -0.4 is 4.74 Å². The summed E-state index contributed by atoms with van der Waals surface area (Å²) in [5.74, 6) is 0.280. The van der Waals surface area contributed by atoms with Crippen LogP contribution in [-0.4, -0.2) is 34.0 Å². The molecule has 0 spiro atoms. The van der Waals surface area contributed by atoms with E-state index in [9.17, 15) is 13.6 Å². The molecule has 2 rings (SSSR count). The predicted octanol–water partition coefficient (Wildman–Crippen LogP) is 3.28. The third-order valence-corrected chi connectivity index (χ3v) is 3.68. The van der Waals surface area contributed by atoms with Gasteiger partial charge in [-0.1, -0.05) is 11.6 Å². The molecule has 2 aromatic rings. The van der Waals surface area contributed by atoms with E-state index in [1.54, 1.807) is 18.2 Å². The Balaban J connectivity index is 1.92. The van der Waals surface area contributed by atoms with Crippen LogP contribution in [0.1, 0.15) is 17.9 Å². The van der Waals surface area contributed by atoms with Crippen molar-refractivity contribution in [3.05, 3.63) is 47.0 Å². The maximum atomic E-state index is 12.7. The van der Waals surface area contributed by atoms with Gasteiger partial charge in [0.2, 0.25) is 0 Å². The Kier molecular flexibility index (Phi) is 5.54. The summed E-state index contributed by atoms with van der Waals surface area (Å²) in [5.41, 5.74) is 0.837. The number of hydrogen-bond donors (Lipinski definition) is 0. The summed E-state index contributed by atoms with van der Waals surface area (Å²) in [6.45, 7) is -1.09. The standard InChI is InChI=1S/C15H16ClF2N3O2/c1-10-7-11(3-4-12(10)16)23-9-14(22)20(2)8-13-19-5-6-21(13)15(17)18/h3-7,15H,8-9H2,1-2H3. The minimum atomic E-state index is -2.69. The van der Waals surface area contributed by atoms with Gasteiger partial charge in [-0.15, -0.1) is 0 Å². The van der Waals surface area contributed by atoms with E-state index in [0.717, 1.165) is 5.56 Å². The highest BCUT2D eigenvalue weighted by molar-refractivity contribution is 6.31. The zero-order valence-electron chi connectivity index (χ0n) is 12.7. The van der Waals surface area contributed by atoms with Crippen LogP contribution >= 0.6 is 11.6 Å². The number of halogens is 3. The number of amides is 1. The van der Waals surface area contributed by atoms with E-state index in [1.807, 2.05) is 6.92 Å². The third-order valence-electron chi connectivity index (χ3n) is 3.26. The quantitative estimate of drug-likeness (QED) is 0.808. The van der Waals surface area contributed by atoms with Gasteiger partial charge in [0, 0.05) is 24.5 Å². The van der Waals surface area contributed by atoms with Crippen LogP contribution in [-0.2, 0) is 11.3 Å². The van der Waals surface area contributed by atoms with Crippen molar-refractivity contribution in [2.75, 3.05) is 13.7 Å². The first-order chi connectivity index (χ1) is 10.9. The monoisotopic (exact) mass is 343 g/mol. The first-order valence-electron chi connectivity index (χ1n) is 6.81. The molecule has 0 radical (unpaired) electrons. The molecule has 124 valence electrons. The van der Waals surface area contributed by atoms with Gasteiger partial charge in [0.1, 0.15) is 11.6 Å². The van der Waals surface area contributed by atoms with E-state index < -0.39 is 6.55 Å². The van der Waals surface area contributed by atoms with Crippen LogP contribution in [0.4, 0.5) is 8.78 Å². The number of carbonyl (C=O) groups excluding carboxylic acids is 1. The van der Waals surface area contributed by atoms with Gasteiger partial charge in [0.15, 0.2) is 6.61 Å². The van der Waals surface area contributed by atoms with Gasteiger partial charge in [-0.25, -0.2) is 4.98 Å². The maximum Gasteiger partial charge on any atom is 0.319 e. The first kappa shape index (κ1) is 17.2. The molecule has 8 heteroatoms. The van der Waals surface area contributed by atoms with Gasteiger partial charge in [-0.2, -0.15) is 8.78 Å². The fourth-order valence-electron chi connectivity index (χ4n) is 1.91. The zero-order chi connectivity index (χ0) is 17.0. The number of rotatable bonds is 6. The number of likely N-dealkylation sites (N-methyl/N-ethyl adjacent to an activating group) is 1. The molecular formula is C15H16ClF2N3O2. The van der Waals surface area contributed by atoms with Crippen molar-refractivity contribution < 1.29 is 18.3 Å². The number of benzene rings is 1. The van der Waals surface area contributed by atoms with Crippen LogP contribution in [0.25, 0.3) is 0 Å². The molecule has 0 saturated heterocycles. The molecule has 1 aromatic carbocycles. The Morgan fingerprint density at radius 1 is 1.48 bits per heavy atom. The van der Waals surface area contributed by atoms with Gasteiger partial charge < -0.3 is 9.64 Å². The maximum absolute atomic E-state index is 12.7. The fraction of sp³-hybridized carbons (Fsp3) is 0.333. The molecule has 1 amide bonds. The second kappa shape index (κ2) is 7.41. The number of imidazole rings is 1. The summed E-state index contributed by atoms with van der Waals surface area (Å²) in [7, 11) is 1.50. The van der Waals surface area contributed by atoms with E-state index in [0.29, 0.717) is 15.3 Å². The highest BCUT2D eigenvalue weighted by Crippen LogP contribution is 2.21. The van der Waals surface area contributed by atoms with Crippen LogP contribution in [0.3, 0.4) is 0 Å². The number of carbonyl (C=O) groups is 1. The highest BCUT2D eigenvalue weighted by Gasteiger charge is 2.16. The molecule has 1 aromatic heterocycles. The first-order valence-corrected chi connectivity index (χ1v) is 7.19. The molecule has 0 saturated carbocycles. The van der Waals surface area contributed by atoms with Crippen molar-refractivity contribution in [3.8, 4) is 5.75 Å². The smallest absolute Gasteiger partial charge is 0.319 e. The van der Waals surface area contributed by atoms with E-state index in [1.165, 1.54) is 24.3 Å². The van der Waals surface area contributed by atoms with Crippen LogP contribution in [0.5, 0.6) is 5.75 Å². The predicted molar refractivity (Wildman–Crippen MR) is 81.6 cm³/mol. The zero-order valence-corrected chi connectivity index (χ0v) is 13.4. The SMILES string of the molecule is Cc1cc(OCC(=O)N(C)Cc2nccn2C(F)F)ccc1Cl. The molecule has 0 bridgehead atoms. The summed E-state index contributed by atoms with van der Waals surface area (Å²) in [6.07, 6.45) is 2.44. The van der Waals surface area contributed by atoms with Crippen molar-refractivity contribution in [1.29, 1.82) is 0 Å². The number of aryl methyl sites for hydroxylation is 1. The summed E-state index contributed by atoms with van der Waals surface area (Å²) in [4.78, 5) is 17.1. The number of alkyl halides is 2. The normalized spacial score (nSPS) is 10.9. The van der Waals surface area contributed by atoms with Crippen molar-refractivity contribution in [3.63, 3.8) is 0 Å². The Morgan fingerprint density at radius 3 is 2.87 bits per heavy atom. The number of nitrogens with zero attached hydrogens (tertiary/aromatic N) is 3. The number of aromatic nitrogens is 2. The lowest BCUT2D eigenvalue weighted by Gasteiger charge is -2.18. The summed E-state index contributed by atoms with van der Waals surface area (Å²) in [6, 6.07) is 5.06. The van der Waals surface area contributed by atoms with Gasteiger partial charge in [-0.05, 0) is 30.7 Å². The molecule has 5 nitrogen and oxygen atoms in total. The Bertz CT molecular complexity index is 691. The lowest BCUT2D eigenvalue weighted by atomic mass is 10.2. The molecule has 23 heavy (non-hydrogen) atoms. The molecule has 0 N–H and O–H groups in total. The number of ether oxygens (including phenoxy) is 1. The van der Waals surface area contributed by atoms with Gasteiger partial charge in [0.25, 0.3) is 5.91 Å². The molecule has 0 unspecified atom stereocenters. The van der Waals surface area contributed by atoms with Gasteiger partial charge in [0.05, 0.1) is 6.54 Å². The third kappa shape index (κ3) is 4.41. The van der Waals surface area contributed by atoms with Crippen molar-refractivity contribution in [2.24, 2.45) is 0 Å². The average Bonchev–Trinajstić information content (AvgIpc) is 2.96. The lowest BCUT2D eigenvalue weighted by molar-refractivity contribution is -0.132. The fourth-order valence-corrected chi connectivity index (χ4v) is 2.02. The second-order valence-corrected chi connectivity index (χ2v) is 5.39. The van der Waals surface area contributed by atoms with Gasteiger partial charge >= 0.3 is 6.55 Å². The minimum Gasteiger partial charge on any atom is -0.484 e. The second-order valence-electron chi connectivity index (χ2n) is 4.98. The number of hydrogen-bond acceptors (Lipinski definition) is 3. The molecule has 1 heterocycles. The topological polar surface area (TPSA) is 47.4 Å². The van der Waals surface area contributed by atoms with Crippen LogP contribution in [0, 0.1) is 6.92 Å². The molecule has 0 atom stereocenters. The van der Waals surface area contributed by atoms with E-state index in [4.69, 9.17) is 16.3 Å². The Morgan fingerprint density at radius 2 is 2.22 bits per heavy atom.